The van der Waals surface area contributed by atoms with Crippen molar-refractivity contribution in [1.82, 2.24) is 0 Å². The topological polar surface area (TPSA) is 61.8 Å². The van der Waals surface area contributed by atoms with Crippen LogP contribution in [0.15, 0.2) is 28.7 Å². The van der Waals surface area contributed by atoms with Gasteiger partial charge in [-0.05, 0) is 43.0 Å². The minimum atomic E-state index is -0.174. The maximum absolute atomic E-state index is 11.7. The summed E-state index contributed by atoms with van der Waals surface area (Å²) in [6.07, 6.45) is 6.83. The molecule has 0 saturated carbocycles. The average Bonchev–Trinajstić information content (AvgIpc) is 2.67. The number of halogens is 1. The summed E-state index contributed by atoms with van der Waals surface area (Å²) in [4.78, 5) is 23.2. The van der Waals surface area contributed by atoms with E-state index in [0.29, 0.717) is 32.0 Å². The molecule has 0 heterocycles. The van der Waals surface area contributed by atoms with Crippen molar-refractivity contribution < 1.29 is 23.8 Å². The number of carbonyl (C=O) groups is 2. The zero-order valence-corrected chi connectivity index (χ0v) is 18.7. The lowest BCUT2D eigenvalue weighted by Gasteiger charge is -2.08. The number of rotatable bonds is 15. The first kappa shape index (κ1) is 24.5. The van der Waals surface area contributed by atoms with Gasteiger partial charge in [-0.2, -0.15) is 0 Å². The third-order valence-corrected chi connectivity index (χ3v) is 4.55. The van der Waals surface area contributed by atoms with E-state index in [1.165, 1.54) is 0 Å². The summed E-state index contributed by atoms with van der Waals surface area (Å²) in [5, 5.41) is 0. The van der Waals surface area contributed by atoms with Crippen molar-refractivity contribution in [2.24, 2.45) is 5.92 Å². The van der Waals surface area contributed by atoms with Gasteiger partial charge in [-0.1, -0.05) is 55.5 Å². The van der Waals surface area contributed by atoms with E-state index >= 15 is 0 Å². The number of hydrogen-bond acceptors (Lipinski definition) is 5. The Kier molecular flexibility index (Phi) is 13.4. The van der Waals surface area contributed by atoms with Gasteiger partial charge in [-0.15, -0.1) is 0 Å². The molecule has 5 nitrogen and oxygen atoms in total. The summed E-state index contributed by atoms with van der Waals surface area (Å²) in [5.41, 5.74) is 0. The molecular formula is C22H33BrO5. The molecule has 0 amide bonds. The molecule has 0 fully saturated rings. The molecule has 0 aliphatic heterocycles. The van der Waals surface area contributed by atoms with Crippen molar-refractivity contribution in [2.45, 2.75) is 65.2 Å². The minimum absolute atomic E-state index is 0.0967. The first-order valence-electron chi connectivity index (χ1n) is 10.2. The average molecular weight is 457 g/mol. The Morgan fingerprint density at radius 2 is 1.36 bits per heavy atom. The highest BCUT2D eigenvalue weighted by molar-refractivity contribution is 9.10. The minimum Gasteiger partial charge on any atom is -0.490 e. The molecule has 0 radical (unpaired) electrons. The second kappa shape index (κ2) is 15.4. The maximum Gasteiger partial charge on any atom is 0.305 e. The summed E-state index contributed by atoms with van der Waals surface area (Å²) < 4.78 is 16.8. The highest BCUT2D eigenvalue weighted by atomic mass is 79.9. The molecule has 1 aromatic carbocycles. The molecule has 0 unspecified atom stereocenters. The Labute approximate surface area is 177 Å². The van der Waals surface area contributed by atoms with Crippen LogP contribution in [0.3, 0.4) is 0 Å². The van der Waals surface area contributed by atoms with Gasteiger partial charge in [0.05, 0.1) is 6.61 Å². The van der Waals surface area contributed by atoms with Gasteiger partial charge in [-0.25, -0.2) is 0 Å². The van der Waals surface area contributed by atoms with Crippen LogP contribution in [0.2, 0.25) is 0 Å². The number of unbranched alkanes of at least 4 members (excludes halogenated alkanes) is 5. The molecule has 0 spiro atoms. The predicted octanol–water partition coefficient (Wildman–Crippen LogP) is 5.69. The van der Waals surface area contributed by atoms with Crippen molar-refractivity contribution in [3.8, 4) is 5.75 Å². The maximum atomic E-state index is 11.7. The Balaban J connectivity index is 1.88. The molecule has 0 aromatic heterocycles. The van der Waals surface area contributed by atoms with E-state index in [1.807, 2.05) is 38.1 Å². The number of carbonyl (C=O) groups excluding carboxylic acids is 2. The summed E-state index contributed by atoms with van der Waals surface area (Å²) in [7, 11) is 0. The molecule has 0 aliphatic carbocycles. The SMILES string of the molecule is CC(C)COC(=O)CCCCCCCCC(=O)OCCOc1ccc(Br)cc1. The first-order chi connectivity index (χ1) is 13.5. The van der Waals surface area contributed by atoms with E-state index < -0.39 is 0 Å². The molecule has 1 rings (SSSR count). The molecular weight excluding hydrogens is 424 g/mol. The Bertz CT molecular complexity index is 557. The van der Waals surface area contributed by atoms with Crippen LogP contribution in [-0.2, 0) is 19.1 Å². The van der Waals surface area contributed by atoms with Crippen LogP contribution < -0.4 is 4.74 Å². The number of esters is 2. The fourth-order valence-corrected chi connectivity index (χ4v) is 2.76. The molecule has 0 aliphatic rings. The Morgan fingerprint density at radius 3 is 1.93 bits per heavy atom. The van der Waals surface area contributed by atoms with Gasteiger partial charge in [-0.3, -0.25) is 9.59 Å². The monoisotopic (exact) mass is 456 g/mol. The summed E-state index contributed by atoms with van der Waals surface area (Å²) in [6, 6.07) is 7.53. The van der Waals surface area contributed by atoms with E-state index in [-0.39, 0.29) is 18.5 Å². The van der Waals surface area contributed by atoms with Crippen LogP contribution in [0.5, 0.6) is 5.75 Å². The van der Waals surface area contributed by atoms with Crippen LogP contribution in [0.25, 0.3) is 0 Å². The van der Waals surface area contributed by atoms with Crippen LogP contribution in [0.1, 0.15) is 65.2 Å². The highest BCUT2D eigenvalue weighted by Crippen LogP contribution is 2.16. The third kappa shape index (κ3) is 13.6. The molecule has 0 saturated heterocycles. The van der Waals surface area contributed by atoms with Gasteiger partial charge in [0.25, 0.3) is 0 Å². The quantitative estimate of drug-likeness (QED) is 0.250. The zero-order chi connectivity index (χ0) is 20.6. The van der Waals surface area contributed by atoms with Crippen molar-refractivity contribution in [3.05, 3.63) is 28.7 Å². The largest absolute Gasteiger partial charge is 0.490 e. The third-order valence-electron chi connectivity index (χ3n) is 4.02. The van der Waals surface area contributed by atoms with Gasteiger partial charge in [0.1, 0.15) is 19.0 Å². The normalized spacial score (nSPS) is 10.7. The second-order valence-corrected chi connectivity index (χ2v) is 8.14. The van der Waals surface area contributed by atoms with Crippen LogP contribution in [0.4, 0.5) is 0 Å². The number of benzene rings is 1. The molecule has 28 heavy (non-hydrogen) atoms. The summed E-state index contributed by atoms with van der Waals surface area (Å²) in [6.45, 7) is 5.18. The van der Waals surface area contributed by atoms with Gasteiger partial charge in [0, 0.05) is 17.3 Å². The van der Waals surface area contributed by atoms with E-state index in [9.17, 15) is 9.59 Å². The molecule has 158 valence electrons. The molecule has 6 heteroatoms. The summed E-state index contributed by atoms with van der Waals surface area (Å²) in [5.74, 6) is 0.870. The van der Waals surface area contributed by atoms with Crippen LogP contribution >= 0.6 is 15.9 Å². The summed E-state index contributed by atoms with van der Waals surface area (Å²) >= 11 is 3.37. The molecule has 0 atom stereocenters. The van der Waals surface area contributed by atoms with E-state index in [2.05, 4.69) is 15.9 Å². The van der Waals surface area contributed by atoms with Gasteiger partial charge in [0.15, 0.2) is 0 Å². The lowest BCUT2D eigenvalue weighted by molar-refractivity contribution is -0.145. The molecule has 1 aromatic rings. The van der Waals surface area contributed by atoms with Gasteiger partial charge < -0.3 is 14.2 Å². The lowest BCUT2D eigenvalue weighted by Crippen LogP contribution is -2.12. The van der Waals surface area contributed by atoms with Crippen molar-refractivity contribution >= 4 is 27.9 Å². The standard InChI is InChI=1S/C22H33BrO5/c1-18(2)17-28-22(25)10-8-6-4-3-5-7-9-21(24)27-16-15-26-20-13-11-19(23)12-14-20/h11-14,18H,3-10,15-17H2,1-2H3. The van der Waals surface area contributed by atoms with E-state index in [1.54, 1.807) is 0 Å². The Morgan fingerprint density at radius 1 is 0.821 bits per heavy atom. The smallest absolute Gasteiger partial charge is 0.305 e. The van der Waals surface area contributed by atoms with Crippen molar-refractivity contribution in [3.63, 3.8) is 0 Å². The first-order valence-corrected chi connectivity index (χ1v) is 11.0. The van der Waals surface area contributed by atoms with Gasteiger partial charge >= 0.3 is 11.9 Å². The zero-order valence-electron chi connectivity index (χ0n) is 17.1. The second-order valence-electron chi connectivity index (χ2n) is 7.22. The van der Waals surface area contributed by atoms with Crippen molar-refractivity contribution in [1.29, 1.82) is 0 Å². The predicted molar refractivity (Wildman–Crippen MR) is 113 cm³/mol. The lowest BCUT2D eigenvalue weighted by atomic mass is 10.1. The van der Waals surface area contributed by atoms with Crippen LogP contribution in [-0.4, -0.2) is 31.8 Å². The molecule has 0 bridgehead atoms. The fourth-order valence-electron chi connectivity index (χ4n) is 2.50. The van der Waals surface area contributed by atoms with E-state index in [4.69, 9.17) is 14.2 Å². The van der Waals surface area contributed by atoms with E-state index in [0.717, 1.165) is 48.7 Å². The Hall–Kier alpha value is -1.56. The molecule has 0 N–H and O–H groups in total. The highest BCUT2D eigenvalue weighted by Gasteiger charge is 2.05. The van der Waals surface area contributed by atoms with Crippen molar-refractivity contribution in [2.75, 3.05) is 19.8 Å². The fraction of sp³-hybridized carbons (Fsp3) is 0.636. The number of hydrogen-bond donors (Lipinski definition) is 0. The van der Waals surface area contributed by atoms with Gasteiger partial charge in [0.2, 0.25) is 0 Å². The number of ether oxygens (including phenoxy) is 3. The van der Waals surface area contributed by atoms with Crippen LogP contribution in [0, 0.1) is 5.92 Å².